The summed E-state index contributed by atoms with van der Waals surface area (Å²) in [5.41, 5.74) is 1.71. The average molecular weight is 234 g/mol. The van der Waals surface area contributed by atoms with Crippen molar-refractivity contribution in [2.24, 2.45) is 5.92 Å². The molecule has 0 aliphatic heterocycles. The Labute approximate surface area is 93.9 Å². The van der Waals surface area contributed by atoms with Crippen molar-refractivity contribution in [1.82, 2.24) is 10.2 Å². The van der Waals surface area contributed by atoms with Gasteiger partial charge in [-0.15, -0.1) is 21.8 Å². The molecule has 1 heterocycles. The van der Waals surface area contributed by atoms with Crippen LogP contribution in [0.4, 0.5) is 5.13 Å². The van der Waals surface area contributed by atoms with Crippen molar-refractivity contribution in [1.29, 1.82) is 0 Å². The van der Waals surface area contributed by atoms with Crippen molar-refractivity contribution < 1.29 is 0 Å². The SMILES string of the molecule is CCC(CC)C(Cl)CNc1nncs1. The van der Waals surface area contributed by atoms with E-state index in [9.17, 15) is 0 Å². The Bertz CT molecular complexity index is 236. The fourth-order valence-electron chi connectivity index (χ4n) is 1.40. The van der Waals surface area contributed by atoms with Crippen LogP contribution in [0.25, 0.3) is 0 Å². The van der Waals surface area contributed by atoms with Crippen molar-refractivity contribution >= 4 is 28.1 Å². The molecule has 1 aromatic heterocycles. The van der Waals surface area contributed by atoms with E-state index in [0.29, 0.717) is 5.92 Å². The lowest BCUT2D eigenvalue weighted by Gasteiger charge is -2.18. The van der Waals surface area contributed by atoms with Gasteiger partial charge in [0.05, 0.1) is 5.38 Å². The summed E-state index contributed by atoms with van der Waals surface area (Å²) >= 11 is 7.76. The number of anilines is 1. The van der Waals surface area contributed by atoms with Crippen LogP contribution in [0.15, 0.2) is 5.51 Å². The number of hydrogen-bond donors (Lipinski definition) is 1. The third-order valence-corrected chi connectivity index (χ3v) is 3.53. The number of alkyl halides is 1. The van der Waals surface area contributed by atoms with Crippen LogP contribution in [0.3, 0.4) is 0 Å². The van der Waals surface area contributed by atoms with Crippen LogP contribution in [-0.2, 0) is 0 Å². The summed E-state index contributed by atoms with van der Waals surface area (Å²) in [6.45, 7) is 5.12. The fraction of sp³-hybridized carbons (Fsp3) is 0.778. The molecule has 80 valence electrons. The van der Waals surface area contributed by atoms with Crippen molar-refractivity contribution in [2.45, 2.75) is 32.1 Å². The number of rotatable bonds is 6. The molecule has 0 aromatic carbocycles. The second-order valence-corrected chi connectivity index (χ2v) is 4.61. The second kappa shape index (κ2) is 6.19. The zero-order chi connectivity index (χ0) is 10.4. The minimum atomic E-state index is 0.175. The van der Waals surface area contributed by atoms with Gasteiger partial charge in [-0.2, -0.15) is 0 Å². The summed E-state index contributed by atoms with van der Waals surface area (Å²) < 4.78 is 0. The Kier molecular flexibility index (Phi) is 5.19. The maximum absolute atomic E-state index is 6.26. The molecule has 1 N–H and O–H groups in total. The maximum atomic E-state index is 6.26. The molecule has 1 aromatic rings. The van der Waals surface area contributed by atoms with E-state index in [1.54, 1.807) is 5.51 Å². The lowest BCUT2D eigenvalue weighted by atomic mass is 9.99. The highest BCUT2D eigenvalue weighted by molar-refractivity contribution is 7.13. The lowest BCUT2D eigenvalue weighted by molar-refractivity contribution is 0.475. The van der Waals surface area contributed by atoms with Gasteiger partial charge >= 0.3 is 0 Å². The predicted molar refractivity (Wildman–Crippen MR) is 62.1 cm³/mol. The molecule has 1 atom stereocenters. The van der Waals surface area contributed by atoms with Crippen LogP contribution in [-0.4, -0.2) is 22.1 Å². The molecule has 3 nitrogen and oxygen atoms in total. The molecular formula is C9H16ClN3S. The van der Waals surface area contributed by atoms with E-state index in [-0.39, 0.29) is 5.38 Å². The highest BCUT2D eigenvalue weighted by Crippen LogP contribution is 2.19. The first-order chi connectivity index (χ1) is 6.77. The first-order valence-electron chi connectivity index (χ1n) is 4.92. The van der Waals surface area contributed by atoms with Crippen molar-refractivity contribution in [3.8, 4) is 0 Å². The summed E-state index contributed by atoms with van der Waals surface area (Å²) in [4.78, 5) is 0. The summed E-state index contributed by atoms with van der Waals surface area (Å²) in [6, 6.07) is 0. The Morgan fingerprint density at radius 1 is 1.50 bits per heavy atom. The van der Waals surface area contributed by atoms with E-state index in [0.717, 1.165) is 24.5 Å². The fourth-order valence-corrected chi connectivity index (χ4v) is 2.29. The van der Waals surface area contributed by atoms with Gasteiger partial charge in [-0.3, -0.25) is 0 Å². The number of hydrogen-bond acceptors (Lipinski definition) is 4. The molecule has 0 bridgehead atoms. The molecule has 0 saturated carbocycles. The summed E-state index contributed by atoms with van der Waals surface area (Å²) in [7, 11) is 0. The monoisotopic (exact) mass is 233 g/mol. The molecule has 0 aliphatic rings. The summed E-state index contributed by atoms with van der Waals surface area (Å²) in [5, 5.41) is 11.9. The maximum Gasteiger partial charge on any atom is 0.205 e. The third-order valence-electron chi connectivity index (χ3n) is 2.37. The summed E-state index contributed by atoms with van der Waals surface area (Å²) in [5.74, 6) is 0.581. The van der Waals surface area contributed by atoms with E-state index in [2.05, 4.69) is 29.4 Å². The van der Waals surface area contributed by atoms with Gasteiger partial charge in [0.15, 0.2) is 0 Å². The first-order valence-corrected chi connectivity index (χ1v) is 6.23. The van der Waals surface area contributed by atoms with Gasteiger partial charge in [0, 0.05) is 6.54 Å². The standard InChI is InChI=1S/C9H16ClN3S/c1-3-7(4-2)8(10)5-11-9-13-12-6-14-9/h6-8H,3-5H2,1-2H3,(H,11,13). The van der Waals surface area contributed by atoms with Crippen molar-refractivity contribution in [2.75, 3.05) is 11.9 Å². The van der Waals surface area contributed by atoms with E-state index in [4.69, 9.17) is 11.6 Å². The van der Waals surface area contributed by atoms with Crippen LogP contribution in [0.5, 0.6) is 0 Å². The Morgan fingerprint density at radius 3 is 2.71 bits per heavy atom. The minimum Gasteiger partial charge on any atom is -0.359 e. The zero-order valence-electron chi connectivity index (χ0n) is 8.53. The van der Waals surface area contributed by atoms with Crippen LogP contribution in [0.1, 0.15) is 26.7 Å². The number of halogens is 1. The molecule has 0 aliphatic carbocycles. The number of nitrogens with zero attached hydrogens (tertiary/aromatic N) is 2. The zero-order valence-corrected chi connectivity index (χ0v) is 10.1. The Hall–Kier alpha value is -0.350. The molecular weight excluding hydrogens is 218 g/mol. The van der Waals surface area contributed by atoms with Gasteiger partial charge in [-0.25, -0.2) is 0 Å². The van der Waals surface area contributed by atoms with E-state index < -0.39 is 0 Å². The number of nitrogens with one attached hydrogen (secondary N) is 1. The molecule has 0 fully saturated rings. The van der Waals surface area contributed by atoms with Gasteiger partial charge < -0.3 is 5.32 Å². The van der Waals surface area contributed by atoms with Crippen LogP contribution in [0, 0.1) is 5.92 Å². The molecule has 0 radical (unpaired) electrons. The Morgan fingerprint density at radius 2 is 2.21 bits per heavy atom. The molecule has 0 saturated heterocycles. The van der Waals surface area contributed by atoms with E-state index >= 15 is 0 Å². The molecule has 5 heteroatoms. The van der Waals surface area contributed by atoms with E-state index in [1.807, 2.05) is 0 Å². The molecule has 1 rings (SSSR count). The van der Waals surface area contributed by atoms with Crippen LogP contribution < -0.4 is 5.32 Å². The molecule has 0 amide bonds. The molecule has 0 spiro atoms. The predicted octanol–water partition coefficient (Wildman–Crippen LogP) is 2.99. The normalized spacial score (nSPS) is 13.1. The van der Waals surface area contributed by atoms with Gasteiger partial charge in [-0.05, 0) is 5.92 Å². The second-order valence-electron chi connectivity index (χ2n) is 3.22. The van der Waals surface area contributed by atoms with Crippen LogP contribution in [0.2, 0.25) is 0 Å². The largest absolute Gasteiger partial charge is 0.359 e. The summed E-state index contributed by atoms with van der Waals surface area (Å²) in [6.07, 6.45) is 2.25. The minimum absolute atomic E-state index is 0.175. The topological polar surface area (TPSA) is 37.8 Å². The highest BCUT2D eigenvalue weighted by atomic mass is 35.5. The number of aromatic nitrogens is 2. The average Bonchev–Trinajstić information content (AvgIpc) is 2.69. The lowest BCUT2D eigenvalue weighted by Crippen LogP contribution is -2.22. The first kappa shape index (κ1) is 11.7. The van der Waals surface area contributed by atoms with Crippen LogP contribution >= 0.6 is 22.9 Å². The van der Waals surface area contributed by atoms with Gasteiger partial charge in [0.25, 0.3) is 0 Å². The van der Waals surface area contributed by atoms with E-state index in [1.165, 1.54) is 11.3 Å². The smallest absolute Gasteiger partial charge is 0.205 e. The van der Waals surface area contributed by atoms with Gasteiger partial charge in [-0.1, -0.05) is 38.0 Å². The third kappa shape index (κ3) is 3.42. The Balaban J connectivity index is 2.30. The quantitative estimate of drug-likeness (QED) is 0.768. The van der Waals surface area contributed by atoms with Crippen molar-refractivity contribution in [3.63, 3.8) is 0 Å². The highest BCUT2D eigenvalue weighted by Gasteiger charge is 2.15. The molecule has 14 heavy (non-hydrogen) atoms. The molecule has 1 unspecified atom stereocenters. The van der Waals surface area contributed by atoms with Gasteiger partial charge in [0.1, 0.15) is 5.51 Å². The van der Waals surface area contributed by atoms with Crippen molar-refractivity contribution in [3.05, 3.63) is 5.51 Å². The van der Waals surface area contributed by atoms with Gasteiger partial charge in [0.2, 0.25) is 5.13 Å².